The van der Waals surface area contributed by atoms with E-state index in [0.29, 0.717) is 21.4 Å². The summed E-state index contributed by atoms with van der Waals surface area (Å²) in [5.74, 6) is -0.378. The van der Waals surface area contributed by atoms with Gasteiger partial charge in [-0.2, -0.15) is 0 Å². The van der Waals surface area contributed by atoms with Crippen molar-refractivity contribution in [1.82, 2.24) is 9.97 Å². The number of nitrogens with zero attached hydrogens (tertiary/aromatic N) is 1. The predicted octanol–water partition coefficient (Wildman–Crippen LogP) is 1.95. The van der Waals surface area contributed by atoms with Gasteiger partial charge in [-0.15, -0.1) is 0 Å². The number of nitrogens with two attached hydrogens (primary N) is 1. The van der Waals surface area contributed by atoms with Crippen molar-refractivity contribution >= 4 is 17.4 Å². The molecule has 1 aromatic heterocycles. The Balaban J connectivity index is 2.37. The van der Waals surface area contributed by atoms with Crippen molar-refractivity contribution in [1.29, 1.82) is 0 Å². The minimum absolute atomic E-state index is 0.241. The number of anilines is 1. The Morgan fingerprint density at radius 3 is 2.88 bits per heavy atom. The number of aryl methyl sites for hydroxylation is 1. The molecular formula is C11H10FN3OS. The fraction of sp³-hybridized carbons (Fsp3) is 0.0909. The lowest BCUT2D eigenvalue weighted by Gasteiger charge is -2.04. The molecule has 0 aliphatic rings. The predicted molar refractivity (Wildman–Crippen MR) is 64.5 cm³/mol. The largest absolute Gasteiger partial charge is 0.398 e. The van der Waals surface area contributed by atoms with Gasteiger partial charge in [0.25, 0.3) is 5.56 Å². The van der Waals surface area contributed by atoms with Gasteiger partial charge in [0.05, 0.1) is 0 Å². The number of H-pyrrole nitrogens is 1. The fourth-order valence-corrected chi connectivity index (χ4v) is 2.21. The van der Waals surface area contributed by atoms with E-state index >= 15 is 0 Å². The number of hydrogen-bond acceptors (Lipinski definition) is 4. The summed E-state index contributed by atoms with van der Waals surface area (Å²) in [5, 5.41) is 0.396. The molecule has 0 aliphatic carbocycles. The van der Waals surface area contributed by atoms with Crippen molar-refractivity contribution in [2.75, 3.05) is 5.73 Å². The van der Waals surface area contributed by atoms with Gasteiger partial charge in [0.15, 0.2) is 5.16 Å². The highest BCUT2D eigenvalue weighted by Gasteiger charge is 2.06. The van der Waals surface area contributed by atoms with Crippen LogP contribution in [0.4, 0.5) is 10.1 Å². The van der Waals surface area contributed by atoms with E-state index < -0.39 is 0 Å². The van der Waals surface area contributed by atoms with E-state index in [1.54, 1.807) is 6.92 Å². The number of benzene rings is 1. The third-order valence-corrected chi connectivity index (χ3v) is 2.99. The highest BCUT2D eigenvalue weighted by Crippen LogP contribution is 2.29. The van der Waals surface area contributed by atoms with Gasteiger partial charge in [0.2, 0.25) is 0 Å². The van der Waals surface area contributed by atoms with Crippen LogP contribution in [0.5, 0.6) is 0 Å². The van der Waals surface area contributed by atoms with Gasteiger partial charge in [0, 0.05) is 22.3 Å². The van der Waals surface area contributed by atoms with Crippen LogP contribution in [0.25, 0.3) is 0 Å². The van der Waals surface area contributed by atoms with E-state index in [-0.39, 0.29) is 11.4 Å². The second kappa shape index (κ2) is 4.58. The molecule has 4 nitrogen and oxygen atoms in total. The number of rotatable bonds is 2. The minimum Gasteiger partial charge on any atom is -0.398 e. The molecule has 0 aliphatic heterocycles. The second-order valence-electron chi connectivity index (χ2n) is 3.48. The summed E-state index contributed by atoms with van der Waals surface area (Å²) in [6.45, 7) is 1.72. The van der Waals surface area contributed by atoms with E-state index in [9.17, 15) is 9.18 Å². The molecule has 0 spiro atoms. The molecule has 0 radical (unpaired) electrons. The van der Waals surface area contributed by atoms with Crippen molar-refractivity contribution in [2.24, 2.45) is 0 Å². The molecular weight excluding hydrogens is 241 g/mol. The van der Waals surface area contributed by atoms with Gasteiger partial charge in [-0.1, -0.05) is 0 Å². The number of nitrogens with one attached hydrogen (secondary N) is 1. The number of aromatic amines is 1. The molecule has 17 heavy (non-hydrogen) atoms. The van der Waals surface area contributed by atoms with Gasteiger partial charge in [-0.25, -0.2) is 9.37 Å². The molecule has 0 saturated heterocycles. The summed E-state index contributed by atoms with van der Waals surface area (Å²) in [4.78, 5) is 18.5. The smallest absolute Gasteiger partial charge is 0.251 e. The second-order valence-corrected chi connectivity index (χ2v) is 4.51. The van der Waals surface area contributed by atoms with Crippen LogP contribution in [0, 0.1) is 12.7 Å². The molecule has 1 heterocycles. The lowest BCUT2D eigenvalue weighted by atomic mass is 10.3. The van der Waals surface area contributed by atoms with E-state index in [2.05, 4.69) is 9.97 Å². The number of nitrogen functional groups attached to an aromatic ring is 1. The minimum atomic E-state index is -0.378. The molecule has 0 amide bonds. The molecule has 0 atom stereocenters. The average Bonchev–Trinajstić information content (AvgIpc) is 2.22. The first-order valence-corrected chi connectivity index (χ1v) is 5.67. The zero-order valence-electron chi connectivity index (χ0n) is 9.03. The Labute approximate surface area is 101 Å². The van der Waals surface area contributed by atoms with Gasteiger partial charge in [-0.05, 0) is 36.9 Å². The Morgan fingerprint density at radius 2 is 2.18 bits per heavy atom. The molecule has 0 saturated carbocycles. The van der Waals surface area contributed by atoms with Crippen LogP contribution in [0.15, 0.2) is 39.1 Å². The molecule has 0 unspecified atom stereocenters. The lowest BCUT2D eigenvalue weighted by molar-refractivity contribution is 0.624. The van der Waals surface area contributed by atoms with Crippen molar-refractivity contribution < 1.29 is 4.39 Å². The quantitative estimate of drug-likeness (QED) is 0.632. The van der Waals surface area contributed by atoms with Crippen LogP contribution in [0.1, 0.15) is 5.69 Å². The maximum atomic E-state index is 13.0. The highest BCUT2D eigenvalue weighted by atomic mass is 32.2. The first-order valence-electron chi connectivity index (χ1n) is 4.85. The molecule has 1 aromatic carbocycles. The van der Waals surface area contributed by atoms with Crippen molar-refractivity contribution in [2.45, 2.75) is 17.0 Å². The van der Waals surface area contributed by atoms with Crippen LogP contribution in [0.2, 0.25) is 0 Å². The highest BCUT2D eigenvalue weighted by molar-refractivity contribution is 7.99. The maximum absolute atomic E-state index is 13.0. The van der Waals surface area contributed by atoms with E-state index in [0.717, 1.165) is 11.8 Å². The maximum Gasteiger partial charge on any atom is 0.251 e. The number of hydrogen-bond donors (Lipinski definition) is 2. The Hall–Kier alpha value is -1.82. The van der Waals surface area contributed by atoms with Crippen LogP contribution < -0.4 is 11.3 Å². The van der Waals surface area contributed by atoms with Crippen LogP contribution in [-0.4, -0.2) is 9.97 Å². The first-order chi connectivity index (χ1) is 8.04. The number of aromatic nitrogens is 2. The SMILES string of the molecule is Cc1cc(=O)[nH]c(Sc2cc(F)ccc2N)n1. The summed E-state index contributed by atoms with van der Waals surface area (Å²) in [6, 6.07) is 5.46. The first kappa shape index (κ1) is 11.7. The zero-order valence-corrected chi connectivity index (χ0v) is 9.84. The summed E-state index contributed by atoms with van der Waals surface area (Å²) < 4.78 is 13.0. The van der Waals surface area contributed by atoms with E-state index in [4.69, 9.17) is 5.73 Å². The van der Waals surface area contributed by atoms with Crippen LogP contribution in [-0.2, 0) is 0 Å². The van der Waals surface area contributed by atoms with Gasteiger partial charge in [0.1, 0.15) is 5.82 Å². The molecule has 2 aromatic rings. The molecule has 6 heteroatoms. The summed E-state index contributed by atoms with van der Waals surface area (Å²) in [7, 11) is 0. The normalized spacial score (nSPS) is 10.5. The van der Waals surface area contributed by atoms with Gasteiger partial charge in [-0.3, -0.25) is 4.79 Å². The van der Waals surface area contributed by atoms with Crippen LogP contribution >= 0.6 is 11.8 Å². The van der Waals surface area contributed by atoms with E-state index in [1.807, 2.05) is 0 Å². The van der Waals surface area contributed by atoms with Crippen molar-refractivity contribution in [3.63, 3.8) is 0 Å². The molecule has 2 rings (SSSR count). The third-order valence-electron chi connectivity index (χ3n) is 2.03. The Bertz CT molecular complexity index is 612. The molecule has 0 fully saturated rings. The zero-order chi connectivity index (χ0) is 12.4. The molecule has 3 N–H and O–H groups in total. The summed E-state index contributed by atoms with van der Waals surface area (Å²) in [6.07, 6.45) is 0. The lowest BCUT2D eigenvalue weighted by Crippen LogP contribution is -2.08. The standard InChI is InChI=1S/C11H10FN3OS/c1-6-4-10(16)15-11(14-6)17-9-5-7(12)2-3-8(9)13/h2-5H,13H2,1H3,(H,14,15,16). The van der Waals surface area contributed by atoms with Gasteiger partial charge < -0.3 is 10.7 Å². The van der Waals surface area contributed by atoms with Crippen molar-refractivity contribution in [3.8, 4) is 0 Å². The molecule has 0 bridgehead atoms. The third kappa shape index (κ3) is 2.85. The average molecular weight is 251 g/mol. The molecule has 88 valence electrons. The topological polar surface area (TPSA) is 71.8 Å². The van der Waals surface area contributed by atoms with Crippen LogP contribution in [0.3, 0.4) is 0 Å². The number of halogens is 1. The monoisotopic (exact) mass is 251 g/mol. The van der Waals surface area contributed by atoms with Gasteiger partial charge >= 0.3 is 0 Å². The summed E-state index contributed by atoms with van der Waals surface area (Å²) >= 11 is 1.13. The van der Waals surface area contributed by atoms with E-state index in [1.165, 1.54) is 24.3 Å². The Kier molecular flexibility index (Phi) is 3.14. The fourth-order valence-electron chi connectivity index (χ4n) is 1.30. The van der Waals surface area contributed by atoms with Crippen molar-refractivity contribution in [3.05, 3.63) is 46.1 Å². The Morgan fingerprint density at radius 1 is 1.41 bits per heavy atom. The summed E-state index contributed by atoms with van der Waals surface area (Å²) in [5.41, 5.74) is 6.51.